The maximum Gasteiger partial charge on any atom is 0.322 e. The minimum Gasteiger partial charge on any atom is -0.480 e. The van der Waals surface area contributed by atoms with Crippen molar-refractivity contribution < 1.29 is 24.3 Å². The van der Waals surface area contributed by atoms with Gasteiger partial charge in [0.1, 0.15) is 0 Å². The molecule has 7 heteroatoms. The lowest BCUT2D eigenvalue weighted by Gasteiger charge is -2.28. The highest BCUT2D eigenvalue weighted by molar-refractivity contribution is 6.28. The maximum atomic E-state index is 12.1. The van der Waals surface area contributed by atoms with E-state index in [4.69, 9.17) is 0 Å². The van der Waals surface area contributed by atoms with E-state index in [-0.39, 0.29) is 0 Å². The van der Waals surface area contributed by atoms with Gasteiger partial charge in [-0.3, -0.25) is 24.5 Å². The lowest BCUT2D eigenvalue weighted by molar-refractivity contribution is -0.150. The van der Waals surface area contributed by atoms with Crippen LogP contribution in [0.1, 0.15) is 32.1 Å². The van der Waals surface area contributed by atoms with Gasteiger partial charge in [0.2, 0.25) is 12.3 Å². The Morgan fingerprint density at radius 2 is 1.84 bits per heavy atom. The molecule has 0 radical (unpaired) electrons. The number of carbonyl (C=O) groups excluding carboxylic acids is 3. The lowest BCUT2D eigenvalue weighted by Crippen LogP contribution is -2.48. The van der Waals surface area contributed by atoms with Gasteiger partial charge in [-0.25, -0.2) is 0 Å². The average molecular weight is 266 g/mol. The van der Waals surface area contributed by atoms with E-state index in [2.05, 4.69) is 10.6 Å². The van der Waals surface area contributed by atoms with Crippen molar-refractivity contribution in [2.75, 3.05) is 0 Å². The largest absolute Gasteiger partial charge is 0.480 e. The summed E-state index contributed by atoms with van der Waals surface area (Å²) >= 11 is 0. The van der Waals surface area contributed by atoms with Crippen molar-refractivity contribution in [3.63, 3.8) is 0 Å². The Hall–Kier alpha value is -1.92. The van der Waals surface area contributed by atoms with Gasteiger partial charge in [0, 0.05) is 5.41 Å². The molecule has 19 heavy (non-hydrogen) atoms. The van der Waals surface area contributed by atoms with E-state index >= 15 is 0 Å². The fraction of sp³-hybridized carbons (Fsp3) is 0.667. The summed E-state index contributed by atoms with van der Waals surface area (Å²) < 4.78 is 0. The second-order valence-corrected chi connectivity index (χ2v) is 5.49. The molecule has 0 aromatic heterocycles. The second kappa shape index (κ2) is 3.34. The summed E-state index contributed by atoms with van der Waals surface area (Å²) in [5.74, 6) is -2.80. The fourth-order valence-corrected chi connectivity index (χ4v) is 4.53. The van der Waals surface area contributed by atoms with Crippen LogP contribution < -0.4 is 10.6 Å². The maximum absolute atomic E-state index is 12.1. The number of hydrogen-bond donors (Lipinski definition) is 3. The number of carboxylic acid groups (broad SMARTS) is 1. The molecule has 3 amide bonds. The van der Waals surface area contributed by atoms with E-state index in [1.54, 1.807) is 0 Å². The quantitative estimate of drug-likeness (QED) is 0.350. The molecule has 102 valence electrons. The summed E-state index contributed by atoms with van der Waals surface area (Å²) in [6.07, 6.45) is 3.73. The fourth-order valence-electron chi connectivity index (χ4n) is 4.53. The monoisotopic (exact) mass is 266 g/mol. The molecule has 3 rings (SSSR count). The molecule has 0 aromatic rings. The molecular weight excluding hydrogens is 252 g/mol. The number of carbonyl (C=O) groups is 4. The number of nitrogens with one attached hydrogen (secondary N) is 2. The van der Waals surface area contributed by atoms with Crippen LogP contribution >= 0.6 is 0 Å². The van der Waals surface area contributed by atoms with Crippen LogP contribution in [-0.2, 0) is 19.2 Å². The van der Waals surface area contributed by atoms with Crippen molar-refractivity contribution in [2.24, 2.45) is 10.8 Å². The standard InChI is InChI=1S/C12H14N2O5/c15-6-13-12-8(17)14-7(16)11(12,9(18)19)10(12)4-2-1-3-5-10/h6H,1-5H2,(H,13,15)(H,18,19)(H,14,16,17)/t11-,12+/m0/s1. The molecule has 3 N–H and O–H groups in total. The number of hydrogen-bond acceptors (Lipinski definition) is 4. The van der Waals surface area contributed by atoms with Gasteiger partial charge in [-0.1, -0.05) is 19.3 Å². The highest BCUT2D eigenvalue weighted by Gasteiger charge is 2.99. The Morgan fingerprint density at radius 1 is 1.21 bits per heavy atom. The summed E-state index contributed by atoms with van der Waals surface area (Å²) in [5, 5.41) is 14.0. The molecule has 3 fully saturated rings. The van der Waals surface area contributed by atoms with Gasteiger partial charge in [0.25, 0.3) is 5.91 Å². The van der Waals surface area contributed by atoms with Gasteiger partial charge < -0.3 is 10.4 Å². The van der Waals surface area contributed by atoms with Crippen molar-refractivity contribution in [3.8, 4) is 0 Å². The Morgan fingerprint density at radius 3 is 2.37 bits per heavy atom. The summed E-state index contributed by atoms with van der Waals surface area (Å²) in [5.41, 5.74) is -4.37. The molecule has 3 aliphatic rings. The van der Waals surface area contributed by atoms with Crippen molar-refractivity contribution in [1.29, 1.82) is 0 Å². The highest BCUT2D eigenvalue weighted by atomic mass is 16.4. The van der Waals surface area contributed by atoms with Crippen LogP contribution in [0.25, 0.3) is 0 Å². The summed E-state index contributed by atoms with van der Waals surface area (Å²) in [6.45, 7) is 0. The first-order chi connectivity index (χ1) is 9.01. The van der Waals surface area contributed by atoms with Crippen LogP contribution in [0, 0.1) is 10.8 Å². The first-order valence-corrected chi connectivity index (χ1v) is 6.32. The number of aliphatic carboxylic acids is 1. The first kappa shape index (κ1) is 12.1. The molecule has 0 aromatic carbocycles. The SMILES string of the molecule is O=CN[C@@]12C(=O)NC(=O)[C@]1(C(=O)O)C21CCCCC1. The predicted octanol–water partition coefficient (Wildman–Crippen LogP) is -0.837. The van der Waals surface area contributed by atoms with Crippen molar-refractivity contribution in [3.05, 3.63) is 0 Å². The second-order valence-electron chi connectivity index (χ2n) is 5.49. The van der Waals surface area contributed by atoms with E-state index in [1.807, 2.05) is 0 Å². The van der Waals surface area contributed by atoms with E-state index in [9.17, 15) is 24.3 Å². The molecular formula is C12H14N2O5. The molecule has 1 saturated heterocycles. The Bertz CT molecular complexity index is 510. The van der Waals surface area contributed by atoms with Gasteiger partial charge in [-0.15, -0.1) is 0 Å². The molecule has 0 bridgehead atoms. The minimum absolute atomic E-state index is 0.319. The summed E-state index contributed by atoms with van der Waals surface area (Å²) in [7, 11) is 0. The van der Waals surface area contributed by atoms with Crippen molar-refractivity contribution in [2.45, 2.75) is 37.6 Å². The molecule has 1 heterocycles. The number of rotatable bonds is 3. The third-order valence-electron chi connectivity index (χ3n) is 5.15. The Balaban J connectivity index is 2.20. The van der Waals surface area contributed by atoms with Gasteiger partial charge >= 0.3 is 5.97 Å². The smallest absolute Gasteiger partial charge is 0.322 e. The molecule has 2 aliphatic carbocycles. The lowest BCUT2D eigenvalue weighted by atomic mass is 9.77. The topological polar surface area (TPSA) is 113 Å². The first-order valence-electron chi connectivity index (χ1n) is 6.32. The molecule has 1 spiro atoms. The van der Waals surface area contributed by atoms with Gasteiger partial charge in [-0.2, -0.15) is 0 Å². The zero-order chi connectivity index (χ0) is 13.9. The summed E-state index contributed by atoms with van der Waals surface area (Å²) in [4.78, 5) is 46.7. The average Bonchev–Trinajstić information content (AvgIpc) is 2.76. The van der Waals surface area contributed by atoms with Crippen LogP contribution in [0.4, 0.5) is 0 Å². The molecule has 2 saturated carbocycles. The van der Waals surface area contributed by atoms with Crippen LogP contribution in [0.5, 0.6) is 0 Å². The van der Waals surface area contributed by atoms with Crippen LogP contribution in [-0.4, -0.2) is 34.8 Å². The van der Waals surface area contributed by atoms with Gasteiger partial charge in [0.05, 0.1) is 0 Å². The van der Waals surface area contributed by atoms with Crippen molar-refractivity contribution in [1.82, 2.24) is 10.6 Å². The molecule has 2 atom stereocenters. The molecule has 7 nitrogen and oxygen atoms in total. The predicted molar refractivity (Wildman–Crippen MR) is 60.7 cm³/mol. The van der Waals surface area contributed by atoms with Crippen LogP contribution in [0.2, 0.25) is 0 Å². The van der Waals surface area contributed by atoms with E-state index < -0.39 is 34.2 Å². The molecule has 0 unspecified atom stereocenters. The van der Waals surface area contributed by atoms with E-state index in [0.29, 0.717) is 19.3 Å². The van der Waals surface area contributed by atoms with Crippen LogP contribution in [0.15, 0.2) is 0 Å². The number of imide groups is 1. The Kier molecular flexibility index (Phi) is 2.13. The minimum atomic E-state index is -1.82. The molecule has 1 aliphatic heterocycles. The van der Waals surface area contributed by atoms with Crippen LogP contribution in [0.3, 0.4) is 0 Å². The van der Waals surface area contributed by atoms with Crippen molar-refractivity contribution >= 4 is 24.2 Å². The van der Waals surface area contributed by atoms with Gasteiger partial charge in [0.15, 0.2) is 11.0 Å². The van der Waals surface area contributed by atoms with E-state index in [1.165, 1.54) is 0 Å². The third kappa shape index (κ3) is 0.913. The Labute approximate surface area is 108 Å². The zero-order valence-corrected chi connectivity index (χ0v) is 10.2. The third-order valence-corrected chi connectivity index (χ3v) is 5.15. The van der Waals surface area contributed by atoms with Gasteiger partial charge in [-0.05, 0) is 12.8 Å². The van der Waals surface area contributed by atoms with E-state index in [0.717, 1.165) is 19.3 Å². The number of carboxylic acids is 1. The zero-order valence-electron chi connectivity index (χ0n) is 10.2. The number of fused-ring (bicyclic) bond motifs is 3. The summed E-state index contributed by atoms with van der Waals surface area (Å²) in [6, 6.07) is 0. The highest BCUT2D eigenvalue weighted by Crippen LogP contribution is 2.79. The normalized spacial score (nSPS) is 38.5. The number of amides is 3. The number of piperidine rings is 1.